The lowest BCUT2D eigenvalue weighted by atomic mass is 10.1. The molecule has 1 saturated heterocycles. The summed E-state index contributed by atoms with van der Waals surface area (Å²) < 4.78 is 29.0. The third-order valence-corrected chi connectivity index (χ3v) is 4.48. The number of morpholine rings is 1. The number of para-hydroxylation sites is 1. The molecular formula is C21H23FN2O5. The number of anilines is 2. The highest BCUT2D eigenvalue weighted by Crippen LogP contribution is 2.25. The first-order chi connectivity index (χ1) is 14.1. The van der Waals surface area contributed by atoms with Gasteiger partial charge in [0.1, 0.15) is 0 Å². The molecular weight excluding hydrogens is 379 g/mol. The number of amides is 1. The van der Waals surface area contributed by atoms with Crippen LogP contribution in [-0.2, 0) is 14.3 Å². The van der Waals surface area contributed by atoms with Crippen molar-refractivity contribution in [3.63, 3.8) is 0 Å². The van der Waals surface area contributed by atoms with Crippen molar-refractivity contribution in [2.24, 2.45) is 0 Å². The van der Waals surface area contributed by atoms with Crippen molar-refractivity contribution in [3.8, 4) is 5.75 Å². The Morgan fingerprint density at radius 2 is 1.93 bits per heavy atom. The number of nitrogens with one attached hydrogen (secondary N) is 1. The largest absolute Gasteiger partial charge is 0.490 e. The van der Waals surface area contributed by atoms with Gasteiger partial charge in [-0.05, 0) is 30.3 Å². The molecule has 0 aliphatic carbocycles. The van der Waals surface area contributed by atoms with Gasteiger partial charge in [0.2, 0.25) is 5.91 Å². The highest BCUT2D eigenvalue weighted by Gasteiger charge is 2.18. The number of hydrogen-bond acceptors (Lipinski definition) is 6. The van der Waals surface area contributed by atoms with Crippen LogP contribution in [0, 0.1) is 5.82 Å². The Balaban J connectivity index is 1.64. The number of benzene rings is 2. The van der Waals surface area contributed by atoms with E-state index in [1.54, 1.807) is 24.3 Å². The molecule has 0 saturated carbocycles. The van der Waals surface area contributed by atoms with E-state index < -0.39 is 11.8 Å². The Morgan fingerprint density at radius 3 is 2.66 bits per heavy atom. The number of hydrogen-bond donors (Lipinski definition) is 1. The fourth-order valence-corrected chi connectivity index (χ4v) is 2.97. The average Bonchev–Trinajstić information content (AvgIpc) is 2.75. The maximum atomic E-state index is 13.5. The fraction of sp³-hybridized carbons (Fsp3) is 0.333. The lowest BCUT2D eigenvalue weighted by molar-refractivity contribution is -0.116. The molecule has 1 fully saturated rings. The molecule has 0 spiro atoms. The molecule has 2 aromatic carbocycles. The molecule has 154 valence electrons. The highest BCUT2D eigenvalue weighted by molar-refractivity contribution is 6.02. The Kier molecular flexibility index (Phi) is 7.02. The first kappa shape index (κ1) is 20.6. The predicted molar refractivity (Wildman–Crippen MR) is 106 cm³/mol. The predicted octanol–water partition coefficient (Wildman–Crippen LogP) is 2.86. The van der Waals surface area contributed by atoms with Crippen LogP contribution in [0.25, 0.3) is 0 Å². The van der Waals surface area contributed by atoms with Crippen molar-refractivity contribution in [3.05, 3.63) is 53.8 Å². The van der Waals surface area contributed by atoms with Gasteiger partial charge in [-0.15, -0.1) is 0 Å². The van der Waals surface area contributed by atoms with E-state index in [1.165, 1.54) is 19.2 Å². The van der Waals surface area contributed by atoms with Gasteiger partial charge < -0.3 is 24.4 Å². The summed E-state index contributed by atoms with van der Waals surface area (Å²) in [5, 5.41) is 2.70. The zero-order chi connectivity index (χ0) is 20.6. The molecule has 0 unspecified atom stereocenters. The quantitative estimate of drug-likeness (QED) is 0.718. The average molecular weight is 402 g/mol. The molecule has 8 heteroatoms. The zero-order valence-corrected chi connectivity index (χ0v) is 16.2. The Bertz CT molecular complexity index is 868. The number of methoxy groups -OCH3 is 1. The molecule has 0 aromatic heterocycles. The van der Waals surface area contributed by atoms with Crippen molar-refractivity contribution in [2.45, 2.75) is 6.42 Å². The van der Waals surface area contributed by atoms with Crippen LogP contribution >= 0.6 is 0 Å². The van der Waals surface area contributed by atoms with Gasteiger partial charge in [-0.3, -0.25) is 4.79 Å². The second-order valence-electron chi connectivity index (χ2n) is 6.40. The van der Waals surface area contributed by atoms with Crippen LogP contribution in [0.5, 0.6) is 5.75 Å². The third kappa shape index (κ3) is 5.45. The Labute approximate surface area is 168 Å². The van der Waals surface area contributed by atoms with Crippen LogP contribution in [0.3, 0.4) is 0 Å². The molecule has 29 heavy (non-hydrogen) atoms. The summed E-state index contributed by atoms with van der Waals surface area (Å²) in [5.74, 6) is -1.30. The summed E-state index contributed by atoms with van der Waals surface area (Å²) >= 11 is 0. The summed E-state index contributed by atoms with van der Waals surface area (Å²) in [4.78, 5) is 26.6. The van der Waals surface area contributed by atoms with E-state index >= 15 is 0 Å². The van der Waals surface area contributed by atoms with Crippen LogP contribution in [0.4, 0.5) is 15.8 Å². The zero-order valence-electron chi connectivity index (χ0n) is 16.2. The smallest absolute Gasteiger partial charge is 0.340 e. The molecule has 7 nitrogen and oxygen atoms in total. The monoisotopic (exact) mass is 402 g/mol. The maximum absolute atomic E-state index is 13.5. The number of carbonyl (C=O) groups excluding carboxylic acids is 2. The number of ether oxygens (including phenoxy) is 3. The second-order valence-corrected chi connectivity index (χ2v) is 6.40. The van der Waals surface area contributed by atoms with Crippen molar-refractivity contribution in [2.75, 3.05) is 50.2 Å². The molecule has 1 amide bonds. The molecule has 2 aromatic rings. The first-order valence-electron chi connectivity index (χ1n) is 9.30. The van der Waals surface area contributed by atoms with E-state index in [2.05, 4.69) is 10.2 Å². The topological polar surface area (TPSA) is 77.1 Å². The minimum absolute atomic E-state index is 0.000161. The normalized spacial score (nSPS) is 13.7. The van der Waals surface area contributed by atoms with Gasteiger partial charge in [0.05, 0.1) is 44.6 Å². The number of esters is 1. The van der Waals surface area contributed by atoms with E-state index in [1.807, 2.05) is 6.07 Å². The summed E-state index contributed by atoms with van der Waals surface area (Å²) in [6, 6.07) is 11.2. The van der Waals surface area contributed by atoms with Crippen LogP contribution in [0.1, 0.15) is 16.8 Å². The van der Waals surface area contributed by atoms with Crippen LogP contribution in [-0.4, -0.2) is 51.9 Å². The molecule has 1 N–H and O–H groups in total. The lowest BCUT2D eigenvalue weighted by Gasteiger charge is -2.29. The standard InChI is InChI=1S/C21H23FN2O5/c1-27-21(26)16-14-15(24-9-12-28-13-10-24)6-7-18(16)23-20(25)8-11-29-19-5-3-2-4-17(19)22/h2-7,14H,8-13H2,1H3,(H,23,25). The van der Waals surface area contributed by atoms with Gasteiger partial charge in [-0.2, -0.15) is 0 Å². The Morgan fingerprint density at radius 1 is 1.17 bits per heavy atom. The van der Waals surface area contributed by atoms with Gasteiger partial charge in [0, 0.05) is 18.8 Å². The van der Waals surface area contributed by atoms with Gasteiger partial charge in [0.15, 0.2) is 11.6 Å². The van der Waals surface area contributed by atoms with E-state index in [0.29, 0.717) is 18.9 Å². The van der Waals surface area contributed by atoms with Crippen LogP contribution < -0.4 is 15.0 Å². The minimum atomic E-state index is -0.544. The molecule has 1 aliphatic heterocycles. The van der Waals surface area contributed by atoms with E-state index in [0.717, 1.165) is 18.8 Å². The third-order valence-electron chi connectivity index (χ3n) is 4.48. The molecule has 0 radical (unpaired) electrons. The second kappa shape index (κ2) is 9.88. The summed E-state index contributed by atoms with van der Waals surface area (Å²) in [6.45, 7) is 2.69. The summed E-state index contributed by atoms with van der Waals surface area (Å²) in [5.41, 5.74) is 1.47. The fourth-order valence-electron chi connectivity index (χ4n) is 2.97. The lowest BCUT2D eigenvalue weighted by Crippen LogP contribution is -2.36. The number of rotatable bonds is 7. The van der Waals surface area contributed by atoms with Gasteiger partial charge in [-0.25, -0.2) is 9.18 Å². The van der Waals surface area contributed by atoms with Crippen molar-refractivity contribution >= 4 is 23.3 Å². The van der Waals surface area contributed by atoms with Crippen LogP contribution in [0.2, 0.25) is 0 Å². The number of halogens is 1. The van der Waals surface area contributed by atoms with Crippen molar-refractivity contribution < 1.29 is 28.2 Å². The van der Waals surface area contributed by atoms with Crippen LogP contribution in [0.15, 0.2) is 42.5 Å². The van der Waals surface area contributed by atoms with E-state index in [4.69, 9.17) is 14.2 Å². The molecule has 0 bridgehead atoms. The maximum Gasteiger partial charge on any atom is 0.340 e. The number of carbonyl (C=O) groups is 2. The first-order valence-corrected chi connectivity index (χ1v) is 9.30. The van der Waals surface area contributed by atoms with Crippen molar-refractivity contribution in [1.82, 2.24) is 0 Å². The molecule has 1 aliphatic rings. The summed E-state index contributed by atoms with van der Waals surface area (Å²) in [6.07, 6.45) is 0.000161. The van der Waals surface area contributed by atoms with Gasteiger partial charge in [0.25, 0.3) is 0 Å². The molecule has 1 heterocycles. The van der Waals surface area contributed by atoms with E-state index in [9.17, 15) is 14.0 Å². The minimum Gasteiger partial charge on any atom is -0.490 e. The number of nitrogens with zero attached hydrogens (tertiary/aromatic N) is 1. The van der Waals surface area contributed by atoms with E-state index in [-0.39, 0.29) is 30.2 Å². The van der Waals surface area contributed by atoms with Crippen molar-refractivity contribution in [1.29, 1.82) is 0 Å². The molecule has 0 atom stereocenters. The Hall–Kier alpha value is -3.13. The molecule has 3 rings (SSSR count). The van der Waals surface area contributed by atoms with Gasteiger partial charge in [-0.1, -0.05) is 12.1 Å². The summed E-state index contributed by atoms with van der Waals surface area (Å²) in [7, 11) is 1.29. The van der Waals surface area contributed by atoms with Gasteiger partial charge >= 0.3 is 5.97 Å². The highest BCUT2D eigenvalue weighted by atomic mass is 19.1. The SMILES string of the molecule is COC(=O)c1cc(N2CCOCC2)ccc1NC(=O)CCOc1ccccc1F.